The predicted molar refractivity (Wildman–Crippen MR) is 65.4 cm³/mol. The largest absolute Gasteiger partial charge is 0.318 e. The molecule has 88 valence electrons. The zero-order valence-electron chi connectivity index (χ0n) is 9.91. The SMILES string of the molecule is Cn1cc(CNC2CCCCC2)ccc1=O. The number of hydrogen-bond acceptors (Lipinski definition) is 2. The van der Waals surface area contributed by atoms with Crippen LogP contribution in [0, 0.1) is 0 Å². The molecule has 16 heavy (non-hydrogen) atoms. The lowest BCUT2D eigenvalue weighted by Crippen LogP contribution is -2.30. The van der Waals surface area contributed by atoms with Crippen LogP contribution in [0.1, 0.15) is 37.7 Å². The van der Waals surface area contributed by atoms with E-state index in [2.05, 4.69) is 5.32 Å². The van der Waals surface area contributed by atoms with Crippen molar-refractivity contribution in [3.05, 3.63) is 34.2 Å². The van der Waals surface area contributed by atoms with E-state index < -0.39 is 0 Å². The first-order valence-electron chi connectivity index (χ1n) is 6.14. The quantitative estimate of drug-likeness (QED) is 0.843. The van der Waals surface area contributed by atoms with Gasteiger partial charge in [0.1, 0.15) is 0 Å². The zero-order chi connectivity index (χ0) is 11.4. The number of aromatic nitrogens is 1. The van der Waals surface area contributed by atoms with Crippen molar-refractivity contribution in [3.63, 3.8) is 0 Å². The van der Waals surface area contributed by atoms with Gasteiger partial charge in [-0.05, 0) is 18.4 Å². The van der Waals surface area contributed by atoms with Gasteiger partial charge in [0.2, 0.25) is 5.56 Å². The topological polar surface area (TPSA) is 34.0 Å². The van der Waals surface area contributed by atoms with E-state index in [1.165, 1.54) is 37.7 Å². The summed E-state index contributed by atoms with van der Waals surface area (Å²) in [5, 5.41) is 3.57. The molecule has 1 N–H and O–H groups in total. The molecule has 3 heteroatoms. The molecule has 0 aromatic carbocycles. The van der Waals surface area contributed by atoms with Gasteiger partial charge in [-0.15, -0.1) is 0 Å². The highest BCUT2D eigenvalue weighted by Crippen LogP contribution is 2.17. The van der Waals surface area contributed by atoms with Crippen molar-refractivity contribution in [1.82, 2.24) is 9.88 Å². The van der Waals surface area contributed by atoms with Gasteiger partial charge in [0.15, 0.2) is 0 Å². The summed E-state index contributed by atoms with van der Waals surface area (Å²) in [5.74, 6) is 0. The Labute approximate surface area is 96.5 Å². The van der Waals surface area contributed by atoms with E-state index in [4.69, 9.17) is 0 Å². The molecule has 0 spiro atoms. The number of pyridine rings is 1. The lowest BCUT2D eigenvalue weighted by atomic mass is 9.95. The minimum atomic E-state index is 0.0569. The molecular formula is C13H20N2O. The van der Waals surface area contributed by atoms with Crippen LogP contribution < -0.4 is 10.9 Å². The molecule has 0 atom stereocenters. The molecule has 1 aliphatic rings. The van der Waals surface area contributed by atoms with Crippen molar-refractivity contribution in [2.75, 3.05) is 0 Å². The second kappa shape index (κ2) is 5.30. The number of aryl methyl sites for hydroxylation is 1. The summed E-state index contributed by atoms with van der Waals surface area (Å²) in [5.41, 5.74) is 1.24. The van der Waals surface area contributed by atoms with Crippen LogP contribution in [0.3, 0.4) is 0 Å². The smallest absolute Gasteiger partial charge is 0.250 e. The van der Waals surface area contributed by atoms with Crippen LogP contribution in [0.5, 0.6) is 0 Å². The maximum absolute atomic E-state index is 11.2. The van der Waals surface area contributed by atoms with Crippen molar-refractivity contribution >= 4 is 0 Å². The van der Waals surface area contributed by atoms with Crippen LogP contribution in [-0.4, -0.2) is 10.6 Å². The zero-order valence-corrected chi connectivity index (χ0v) is 9.91. The predicted octanol–water partition coefficient (Wildman–Crippen LogP) is 1.81. The number of rotatable bonds is 3. The van der Waals surface area contributed by atoms with Gasteiger partial charge in [0.25, 0.3) is 0 Å². The molecule has 0 saturated heterocycles. The van der Waals surface area contributed by atoms with Gasteiger partial charge >= 0.3 is 0 Å². The molecule has 0 amide bonds. The second-order valence-electron chi connectivity index (χ2n) is 4.70. The first-order chi connectivity index (χ1) is 7.75. The highest BCUT2D eigenvalue weighted by molar-refractivity contribution is 5.09. The van der Waals surface area contributed by atoms with E-state index >= 15 is 0 Å². The minimum absolute atomic E-state index is 0.0569. The van der Waals surface area contributed by atoms with Crippen LogP contribution >= 0.6 is 0 Å². The average Bonchev–Trinajstić information content (AvgIpc) is 2.32. The highest BCUT2D eigenvalue weighted by atomic mass is 16.1. The van der Waals surface area contributed by atoms with Crippen molar-refractivity contribution in [2.45, 2.75) is 44.7 Å². The fourth-order valence-corrected chi connectivity index (χ4v) is 2.32. The Morgan fingerprint density at radius 1 is 1.31 bits per heavy atom. The molecule has 1 aromatic heterocycles. The van der Waals surface area contributed by atoms with Gasteiger partial charge in [-0.2, -0.15) is 0 Å². The molecule has 3 nitrogen and oxygen atoms in total. The van der Waals surface area contributed by atoms with E-state index in [1.807, 2.05) is 12.3 Å². The molecule has 1 fully saturated rings. The third kappa shape index (κ3) is 2.95. The monoisotopic (exact) mass is 220 g/mol. The standard InChI is InChI=1S/C13H20N2O/c1-15-10-11(7-8-13(15)16)9-14-12-5-3-2-4-6-12/h7-8,10,12,14H,2-6,9H2,1H3. The Hall–Kier alpha value is -1.09. The minimum Gasteiger partial charge on any atom is -0.318 e. The summed E-state index contributed by atoms with van der Waals surface area (Å²) >= 11 is 0. The highest BCUT2D eigenvalue weighted by Gasteiger charge is 2.12. The molecule has 0 bridgehead atoms. The Morgan fingerprint density at radius 2 is 2.06 bits per heavy atom. The van der Waals surface area contributed by atoms with Crippen molar-refractivity contribution < 1.29 is 0 Å². The van der Waals surface area contributed by atoms with Gasteiger partial charge in [-0.1, -0.05) is 25.3 Å². The third-order valence-corrected chi connectivity index (χ3v) is 3.35. The van der Waals surface area contributed by atoms with Gasteiger partial charge in [-0.3, -0.25) is 4.79 Å². The van der Waals surface area contributed by atoms with Gasteiger partial charge in [0, 0.05) is 31.9 Å². The molecule has 0 radical (unpaired) electrons. The lowest BCUT2D eigenvalue weighted by Gasteiger charge is -2.22. The van der Waals surface area contributed by atoms with E-state index in [9.17, 15) is 4.79 Å². The normalized spacial score (nSPS) is 17.6. The van der Waals surface area contributed by atoms with Crippen LogP contribution in [0.4, 0.5) is 0 Å². The van der Waals surface area contributed by atoms with Crippen molar-refractivity contribution in [2.24, 2.45) is 7.05 Å². The first-order valence-corrected chi connectivity index (χ1v) is 6.14. The van der Waals surface area contributed by atoms with E-state index in [0.29, 0.717) is 6.04 Å². The number of nitrogens with zero attached hydrogens (tertiary/aromatic N) is 1. The Balaban J connectivity index is 1.88. The Bertz CT molecular complexity index is 391. The average molecular weight is 220 g/mol. The Morgan fingerprint density at radius 3 is 2.75 bits per heavy atom. The maximum Gasteiger partial charge on any atom is 0.250 e. The molecular weight excluding hydrogens is 200 g/mol. The van der Waals surface area contributed by atoms with Gasteiger partial charge in [0.05, 0.1) is 0 Å². The third-order valence-electron chi connectivity index (χ3n) is 3.35. The summed E-state index contributed by atoms with van der Waals surface area (Å²) in [6.45, 7) is 0.874. The fourth-order valence-electron chi connectivity index (χ4n) is 2.32. The van der Waals surface area contributed by atoms with Crippen molar-refractivity contribution in [1.29, 1.82) is 0 Å². The molecule has 1 aromatic rings. The van der Waals surface area contributed by atoms with Gasteiger partial charge < -0.3 is 9.88 Å². The molecule has 1 saturated carbocycles. The maximum atomic E-state index is 11.2. The van der Waals surface area contributed by atoms with Gasteiger partial charge in [-0.25, -0.2) is 0 Å². The van der Waals surface area contributed by atoms with E-state index in [0.717, 1.165) is 6.54 Å². The lowest BCUT2D eigenvalue weighted by molar-refractivity contribution is 0.372. The summed E-state index contributed by atoms with van der Waals surface area (Å²) in [4.78, 5) is 11.2. The molecule has 0 unspecified atom stereocenters. The van der Waals surface area contributed by atoms with Crippen LogP contribution in [0.25, 0.3) is 0 Å². The van der Waals surface area contributed by atoms with E-state index in [-0.39, 0.29) is 5.56 Å². The van der Waals surface area contributed by atoms with Crippen LogP contribution in [-0.2, 0) is 13.6 Å². The Kier molecular flexibility index (Phi) is 3.78. The molecule has 2 rings (SSSR count). The van der Waals surface area contributed by atoms with Crippen LogP contribution in [0.15, 0.2) is 23.1 Å². The number of hydrogen-bond donors (Lipinski definition) is 1. The summed E-state index contributed by atoms with van der Waals surface area (Å²) < 4.78 is 1.64. The molecule has 1 aliphatic carbocycles. The summed E-state index contributed by atoms with van der Waals surface area (Å²) in [7, 11) is 1.80. The van der Waals surface area contributed by atoms with Crippen LogP contribution in [0.2, 0.25) is 0 Å². The summed E-state index contributed by atoms with van der Waals surface area (Å²) in [6.07, 6.45) is 8.60. The first kappa shape index (κ1) is 11.4. The number of nitrogens with one attached hydrogen (secondary N) is 1. The second-order valence-corrected chi connectivity index (χ2v) is 4.70. The fraction of sp³-hybridized carbons (Fsp3) is 0.615. The molecule has 1 heterocycles. The van der Waals surface area contributed by atoms with Crippen molar-refractivity contribution in [3.8, 4) is 0 Å². The van der Waals surface area contributed by atoms with E-state index in [1.54, 1.807) is 17.7 Å². The summed E-state index contributed by atoms with van der Waals surface area (Å²) in [6, 6.07) is 4.22. The molecule has 0 aliphatic heterocycles.